The van der Waals surface area contributed by atoms with Crippen LogP contribution in [-0.2, 0) is 28.5 Å². The molecule has 0 saturated heterocycles. The van der Waals surface area contributed by atoms with Gasteiger partial charge in [0.25, 0.3) is 0 Å². The SMILES string of the molecule is CCC(OC)OC(=O)CCCCC(=O)OC(CC)OC. The van der Waals surface area contributed by atoms with Crippen LogP contribution in [0.3, 0.4) is 0 Å². The zero-order valence-electron chi connectivity index (χ0n) is 12.8. The van der Waals surface area contributed by atoms with Crippen LogP contribution in [0.2, 0.25) is 0 Å². The average Bonchev–Trinajstić information content (AvgIpc) is 2.46. The van der Waals surface area contributed by atoms with Crippen LogP contribution >= 0.6 is 0 Å². The molecule has 6 heteroatoms. The highest BCUT2D eigenvalue weighted by Gasteiger charge is 2.13. The van der Waals surface area contributed by atoms with E-state index in [1.807, 2.05) is 13.8 Å². The van der Waals surface area contributed by atoms with Crippen LogP contribution < -0.4 is 0 Å². The molecule has 20 heavy (non-hydrogen) atoms. The minimum Gasteiger partial charge on any atom is -0.436 e. The molecule has 6 nitrogen and oxygen atoms in total. The predicted molar refractivity (Wildman–Crippen MR) is 72.8 cm³/mol. The quantitative estimate of drug-likeness (QED) is 0.330. The maximum Gasteiger partial charge on any atom is 0.308 e. The lowest BCUT2D eigenvalue weighted by molar-refractivity contribution is -0.176. The van der Waals surface area contributed by atoms with Crippen LogP contribution in [-0.4, -0.2) is 38.7 Å². The molecule has 0 heterocycles. The van der Waals surface area contributed by atoms with Gasteiger partial charge in [0.1, 0.15) is 0 Å². The van der Waals surface area contributed by atoms with Gasteiger partial charge in [0.05, 0.1) is 0 Å². The molecule has 2 unspecified atom stereocenters. The van der Waals surface area contributed by atoms with Gasteiger partial charge >= 0.3 is 11.9 Å². The fourth-order valence-electron chi connectivity index (χ4n) is 1.55. The van der Waals surface area contributed by atoms with E-state index in [0.29, 0.717) is 25.7 Å². The van der Waals surface area contributed by atoms with Gasteiger partial charge in [-0.3, -0.25) is 9.59 Å². The molecule has 0 aliphatic rings. The van der Waals surface area contributed by atoms with Gasteiger partial charge < -0.3 is 18.9 Å². The summed E-state index contributed by atoms with van der Waals surface area (Å²) in [6.07, 6.45) is 1.96. The second kappa shape index (κ2) is 11.7. The van der Waals surface area contributed by atoms with Gasteiger partial charge in [0.15, 0.2) is 0 Å². The minimum absolute atomic E-state index is 0.272. The van der Waals surface area contributed by atoms with E-state index in [1.165, 1.54) is 14.2 Å². The summed E-state index contributed by atoms with van der Waals surface area (Å²) in [6.45, 7) is 3.74. The molecule has 0 rings (SSSR count). The van der Waals surface area contributed by atoms with Gasteiger partial charge in [-0.1, -0.05) is 13.8 Å². The Kier molecular flexibility index (Phi) is 11.0. The van der Waals surface area contributed by atoms with E-state index < -0.39 is 12.6 Å². The van der Waals surface area contributed by atoms with Crippen molar-refractivity contribution in [1.82, 2.24) is 0 Å². The number of rotatable bonds is 11. The predicted octanol–water partition coefficient (Wildman–Crippen LogP) is 2.40. The van der Waals surface area contributed by atoms with Crippen LogP contribution in [0, 0.1) is 0 Å². The monoisotopic (exact) mass is 290 g/mol. The average molecular weight is 290 g/mol. The van der Waals surface area contributed by atoms with Crippen molar-refractivity contribution < 1.29 is 28.5 Å². The first kappa shape index (κ1) is 18.9. The third-order valence-electron chi connectivity index (χ3n) is 2.73. The summed E-state index contributed by atoms with van der Waals surface area (Å²) in [6, 6.07) is 0. The smallest absolute Gasteiger partial charge is 0.308 e. The lowest BCUT2D eigenvalue weighted by Crippen LogP contribution is -2.20. The number of esters is 2. The Morgan fingerprint density at radius 1 is 0.800 bits per heavy atom. The molecule has 0 fully saturated rings. The fourth-order valence-corrected chi connectivity index (χ4v) is 1.55. The number of methoxy groups -OCH3 is 2. The molecule has 0 aromatic rings. The summed E-state index contributed by atoms with van der Waals surface area (Å²) in [5.41, 5.74) is 0. The second-order valence-electron chi connectivity index (χ2n) is 4.33. The topological polar surface area (TPSA) is 71.1 Å². The normalized spacial score (nSPS) is 13.6. The van der Waals surface area contributed by atoms with Crippen molar-refractivity contribution in [3.05, 3.63) is 0 Å². The first-order valence-electron chi connectivity index (χ1n) is 7.01. The molecule has 2 atom stereocenters. The number of carbonyl (C=O) groups is 2. The van der Waals surface area contributed by atoms with Crippen LogP contribution in [0.25, 0.3) is 0 Å². The Balaban J connectivity index is 3.70. The Bertz CT molecular complexity index is 243. The third kappa shape index (κ3) is 8.87. The molecule has 0 aliphatic heterocycles. The summed E-state index contributed by atoms with van der Waals surface area (Å²) in [5, 5.41) is 0. The maximum absolute atomic E-state index is 11.4. The molecule has 0 aromatic carbocycles. The van der Waals surface area contributed by atoms with Gasteiger partial charge in [-0.25, -0.2) is 0 Å². The van der Waals surface area contributed by atoms with Gasteiger partial charge in [-0.2, -0.15) is 0 Å². The highest BCUT2D eigenvalue weighted by molar-refractivity contribution is 5.70. The van der Waals surface area contributed by atoms with Gasteiger partial charge in [0.2, 0.25) is 12.6 Å². The number of unbranched alkanes of at least 4 members (excludes halogenated alkanes) is 1. The Hall–Kier alpha value is -1.14. The van der Waals surface area contributed by atoms with E-state index in [2.05, 4.69) is 0 Å². The number of hydrogen-bond acceptors (Lipinski definition) is 6. The number of hydrogen-bond donors (Lipinski definition) is 0. The van der Waals surface area contributed by atoms with Crippen molar-refractivity contribution in [2.45, 2.75) is 65.0 Å². The van der Waals surface area contributed by atoms with Crippen LogP contribution in [0.15, 0.2) is 0 Å². The Labute approximate surface area is 120 Å². The van der Waals surface area contributed by atoms with Crippen molar-refractivity contribution in [1.29, 1.82) is 0 Å². The van der Waals surface area contributed by atoms with Crippen molar-refractivity contribution in [2.24, 2.45) is 0 Å². The van der Waals surface area contributed by atoms with Crippen molar-refractivity contribution in [2.75, 3.05) is 14.2 Å². The highest BCUT2D eigenvalue weighted by Crippen LogP contribution is 2.08. The molecule has 0 spiro atoms. The first-order chi connectivity index (χ1) is 9.57. The van der Waals surface area contributed by atoms with E-state index in [0.717, 1.165) is 0 Å². The highest BCUT2D eigenvalue weighted by atomic mass is 16.7. The standard InChI is InChI=1S/C14H26O6/c1-5-13(17-3)19-11(15)9-7-8-10-12(16)20-14(6-2)18-4/h13-14H,5-10H2,1-4H3. The maximum atomic E-state index is 11.4. The number of ether oxygens (including phenoxy) is 4. The Morgan fingerprint density at radius 3 is 1.40 bits per heavy atom. The molecule has 0 radical (unpaired) electrons. The van der Waals surface area contributed by atoms with Crippen LogP contribution in [0.1, 0.15) is 52.4 Å². The number of carbonyl (C=O) groups excluding carboxylic acids is 2. The van der Waals surface area contributed by atoms with E-state index >= 15 is 0 Å². The molecule has 0 N–H and O–H groups in total. The molecule has 0 aliphatic carbocycles. The molecule has 0 aromatic heterocycles. The van der Waals surface area contributed by atoms with Gasteiger partial charge in [-0.05, 0) is 12.8 Å². The molecule has 0 saturated carbocycles. The lowest BCUT2D eigenvalue weighted by atomic mass is 10.2. The van der Waals surface area contributed by atoms with E-state index in [1.54, 1.807) is 0 Å². The fraction of sp³-hybridized carbons (Fsp3) is 0.857. The van der Waals surface area contributed by atoms with E-state index in [9.17, 15) is 9.59 Å². The third-order valence-corrected chi connectivity index (χ3v) is 2.73. The van der Waals surface area contributed by atoms with Gasteiger partial charge in [0, 0.05) is 39.9 Å². The van der Waals surface area contributed by atoms with Gasteiger partial charge in [-0.15, -0.1) is 0 Å². The van der Waals surface area contributed by atoms with Crippen LogP contribution in [0.5, 0.6) is 0 Å². The summed E-state index contributed by atoms with van der Waals surface area (Å²) in [7, 11) is 2.99. The van der Waals surface area contributed by atoms with E-state index in [-0.39, 0.29) is 24.8 Å². The zero-order valence-corrected chi connectivity index (χ0v) is 12.8. The summed E-state index contributed by atoms with van der Waals surface area (Å²) < 4.78 is 20.0. The molecule has 0 bridgehead atoms. The largest absolute Gasteiger partial charge is 0.436 e. The first-order valence-corrected chi connectivity index (χ1v) is 7.01. The second-order valence-corrected chi connectivity index (χ2v) is 4.33. The summed E-state index contributed by atoms with van der Waals surface area (Å²) in [5.74, 6) is -0.620. The van der Waals surface area contributed by atoms with Crippen LogP contribution in [0.4, 0.5) is 0 Å². The van der Waals surface area contributed by atoms with Crippen molar-refractivity contribution >= 4 is 11.9 Å². The Morgan fingerprint density at radius 2 is 1.15 bits per heavy atom. The zero-order chi connectivity index (χ0) is 15.4. The summed E-state index contributed by atoms with van der Waals surface area (Å²) >= 11 is 0. The van der Waals surface area contributed by atoms with Crippen molar-refractivity contribution in [3.63, 3.8) is 0 Å². The molecular weight excluding hydrogens is 264 g/mol. The molecule has 118 valence electrons. The van der Waals surface area contributed by atoms with Crippen molar-refractivity contribution in [3.8, 4) is 0 Å². The lowest BCUT2D eigenvalue weighted by Gasteiger charge is -2.14. The minimum atomic E-state index is -0.487. The molecular formula is C14H26O6. The van der Waals surface area contributed by atoms with E-state index in [4.69, 9.17) is 18.9 Å². The molecule has 0 amide bonds. The summed E-state index contributed by atoms with van der Waals surface area (Å²) in [4.78, 5) is 22.9.